The number of rotatable bonds is 2. The molecule has 0 radical (unpaired) electrons. The van der Waals surface area contributed by atoms with Crippen molar-refractivity contribution in [3.63, 3.8) is 0 Å². The average Bonchev–Trinajstić information content (AvgIpc) is 2.75. The van der Waals surface area contributed by atoms with Crippen molar-refractivity contribution in [1.82, 2.24) is 0 Å². The third-order valence-electron chi connectivity index (χ3n) is 3.59. The lowest BCUT2D eigenvalue weighted by Crippen LogP contribution is -1.97. The third-order valence-corrected chi connectivity index (χ3v) is 3.82. The second-order valence-electron chi connectivity index (χ2n) is 4.76. The van der Waals surface area contributed by atoms with Crippen molar-refractivity contribution in [2.24, 2.45) is 0 Å². The van der Waals surface area contributed by atoms with E-state index in [0.717, 1.165) is 11.1 Å². The Morgan fingerprint density at radius 1 is 1.15 bits per heavy atom. The maximum absolute atomic E-state index is 12.0. The summed E-state index contributed by atoms with van der Waals surface area (Å²) in [5.74, 6) is 0.0111. The molecule has 0 aromatic heterocycles. The summed E-state index contributed by atoms with van der Waals surface area (Å²) in [7, 11) is 0. The minimum Gasteiger partial charge on any atom is -0.294 e. The van der Waals surface area contributed by atoms with Crippen LogP contribution in [0.5, 0.6) is 0 Å². The van der Waals surface area contributed by atoms with Crippen LogP contribution in [0.4, 0.5) is 5.69 Å². The molecule has 2 aromatic carbocycles. The molecule has 0 fully saturated rings. The van der Waals surface area contributed by atoms with E-state index >= 15 is 0 Å². The number of fused-ring (bicyclic) bond motifs is 1. The molecule has 0 N–H and O–H groups in total. The number of benzene rings is 2. The molecule has 0 heterocycles. The SMILES string of the molecule is O=C1CC(c2ccc([N+](=O)[O-])cc2)c2cc(Cl)ccc21. The van der Waals surface area contributed by atoms with E-state index in [1.165, 1.54) is 12.1 Å². The maximum Gasteiger partial charge on any atom is 0.269 e. The van der Waals surface area contributed by atoms with Crippen LogP contribution in [0, 0.1) is 10.1 Å². The summed E-state index contributed by atoms with van der Waals surface area (Å²) in [6.45, 7) is 0. The summed E-state index contributed by atoms with van der Waals surface area (Å²) < 4.78 is 0. The van der Waals surface area contributed by atoms with E-state index in [1.807, 2.05) is 0 Å². The number of nitrogens with zero attached hydrogens (tertiary/aromatic N) is 1. The van der Waals surface area contributed by atoms with Gasteiger partial charge in [0.2, 0.25) is 0 Å². The first-order valence-corrected chi connectivity index (χ1v) is 6.51. The van der Waals surface area contributed by atoms with Crippen molar-refractivity contribution < 1.29 is 9.72 Å². The van der Waals surface area contributed by atoms with Gasteiger partial charge in [0.25, 0.3) is 5.69 Å². The van der Waals surface area contributed by atoms with Crippen LogP contribution >= 0.6 is 11.6 Å². The molecule has 1 unspecified atom stereocenters. The molecule has 3 rings (SSSR count). The van der Waals surface area contributed by atoms with E-state index in [2.05, 4.69) is 0 Å². The van der Waals surface area contributed by atoms with Crippen molar-refractivity contribution in [3.8, 4) is 0 Å². The van der Waals surface area contributed by atoms with Crippen LogP contribution < -0.4 is 0 Å². The van der Waals surface area contributed by atoms with Gasteiger partial charge in [-0.2, -0.15) is 0 Å². The predicted molar refractivity (Wildman–Crippen MR) is 75.3 cm³/mol. The molecule has 0 spiro atoms. The van der Waals surface area contributed by atoms with Crippen molar-refractivity contribution in [2.45, 2.75) is 12.3 Å². The zero-order valence-corrected chi connectivity index (χ0v) is 11.1. The Kier molecular flexibility index (Phi) is 3.03. The highest BCUT2D eigenvalue weighted by Gasteiger charge is 2.30. The van der Waals surface area contributed by atoms with Crippen LogP contribution in [0.3, 0.4) is 0 Å². The van der Waals surface area contributed by atoms with Gasteiger partial charge in [0.1, 0.15) is 0 Å². The van der Waals surface area contributed by atoms with Gasteiger partial charge in [0.05, 0.1) is 4.92 Å². The molecule has 1 atom stereocenters. The summed E-state index contributed by atoms with van der Waals surface area (Å²) in [6, 6.07) is 11.6. The van der Waals surface area contributed by atoms with Crippen LogP contribution in [0.2, 0.25) is 5.02 Å². The van der Waals surface area contributed by atoms with Crippen LogP contribution in [0.25, 0.3) is 0 Å². The van der Waals surface area contributed by atoms with Gasteiger partial charge in [-0.15, -0.1) is 0 Å². The monoisotopic (exact) mass is 287 g/mol. The first-order valence-electron chi connectivity index (χ1n) is 6.13. The zero-order valence-electron chi connectivity index (χ0n) is 10.4. The highest BCUT2D eigenvalue weighted by Crippen LogP contribution is 2.39. The fraction of sp³-hybridized carbons (Fsp3) is 0.133. The van der Waals surface area contributed by atoms with E-state index in [9.17, 15) is 14.9 Å². The molecular weight excluding hydrogens is 278 g/mol. The predicted octanol–water partition coefficient (Wildman–Crippen LogP) is 3.97. The molecule has 100 valence electrons. The molecule has 0 amide bonds. The molecule has 5 heteroatoms. The van der Waals surface area contributed by atoms with Crippen LogP contribution in [0.15, 0.2) is 42.5 Å². The van der Waals surface area contributed by atoms with E-state index in [-0.39, 0.29) is 17.4 Å². The normalized spacial score (nSPS) is 17.1. The van der Waals surface area contributed by atoms with Crippen molar-refractivity contribution >= 4 is 23.1 Å². The Hall–Kier alpha value is -2.20. The molecule has 0 bridgehead atoms. The van der Waals surface area contributed by atoms with Crippen molar-refractivity contribution in [2.75, 3.05) is 0 Å². The Bertz CT molecular complexity index is 710. The smallest absolute Gasteiger partial charge is 0.269 e. The number of halogens is 1. The summed E-state index contributed by atoms with van der Waals surface area (Å²) in [5, 5.41) is 11.3. The maximum atomic E-state index is 12.0. The fourth-order valence-corrected chi connectivity index (χ4v) is 2.79. The van der Waals surface area contributed by atoms with Gasteiger partial charge < -0.3 is 0 Å². The second-order valence-corrected chi connectivity index (χ2v) is 5.20. The van der Waals surface area contributed by atoms with Gasteiger partial charge in [0.15, 0.2) is 5.78 Å². The zero-order chi connectivity index (χ0) is 14.3. The lowest BCUT2D eigenvalue weighted by Gasteiger charge is -2.11. The molecule has 4 nitrogen and oxygen atoms in total. The minimum atomic E-state index is -0.436. The summed E-state index contributed by atoms with van der Waals surface area (Å²) in [4.78, 5) is 22.2. The standard InChI is InChI=1S/C15H10ClNO3/c16-10-3-6-12-14(7-10)13(8-15(12)18)9-1-4-11(5-2-9)17(19)20/h1-7,13H,8H2. The number of hydrogen-bond acceptors (Lipinski definition) is 3. The van der Waals surface area contributed by atoms with Crippen molar-refractivity contribution in [1.29, 1.82) is 0 Å². The number of carbonyl (C=O) groups is 1. The molecule has 0 saturated carbocycles. The first kappa shape index (κ1) is 12.8. The summed E-state index contributed by atoms with van der Waals surface area (Å²) >= 11 is 5.99. The molecule has 0 aliphatic heterocycles. The Morgan fingerprint density at radius 3 is 2.50 bits per heavy atom. The molecule has 0 saturated heterocycles. The third kappa shape index (κ3) is 2.08. The molecular formula is C15H10ClNO3. The van der Waals surface area contributed by atoms with Crippen LogP contribution in [-0.2, 0) is 0 Å². The molecule has 20 heavy (non-hydrogen) atoms. The average molecular weight is 288 g/mol. The van der Waals surface area contributed by atoms with Crippen molar-refractivity contribution in [3.05, 3.63) is 74.3 Å². The minimum absolute atomic E-state index is 0.0457. The summed E-state index contributed by atoms with van der Waals surface area (Å²) in [6.07, 6.45) is 0.382. The number of non-ortho nitro benzene ring substituents is 1. The molecule has 1 aliphatic carbocycles. The van der Waals surface area contributed by atoms with Crippen LogP contribution in [0.1, 0.15) is 33.8 Å². The Labute approximate surface area is 120 Å². The van der Waals surface area contributed by atoms with E-state index in [4.69, 9.17) is 11.6 Å². The number of hydrogen-bond donors (Lipinski definition) is 0. The highest BCUT2D eigenvalue weighted by molar-refractivity contribution is 6.30. The first-order chi connectivity index (χ1) is 9.56. The van der Waals surface area contributed by atoms with Gasteiger partial charge in [-0.3, -0.25) is 14.9 Å². The Balaban J connectivity index is 2.02. The quantitative estimate of drug-likeness (QED) is 0.620. The van der Waals surface area contributed by atoms with Gasteiger partial charge >= 0.3 is 0 Å². The number of nitro benzene ring substituents is 1. The van der Waals surface area contributed by atoms with Gasteiger partial charge in [-0.25, -0.2) is 0 Å². The number of Topliss-reactive ketones (excluding diaryl/α,β-unsaturated/α-hetero) is 1. The highest BCUT2D eigenvalue weighted by atomic mass is 35.5. The van der Waals surface area contributed by atoms with Gasteiger partial charge in [-0.1, -0.05) is 23.7 Å². The number of carbonyl (C=O) groups excluding carboxylic acids is 1. The van der Waals surface area contributed by atoms with Crippen LogP contribution in [-0.4, -0.2) is 10.7 Å². The largest absolute Gasteiger partial charge is 0.294 e. The Morgan fingerprint density at radius 2 is 1.85 bits per heavy atom. The lowest BCUT2D eigenvalue weighted by atomic mass is 9.93. The molecule has 1 aliphatic rings. The van der Waals surface area contributed by atoms with E-state index in [1.54, 1.807) is 30.3 Å². The fourth-order valence-electron chi connectivity index (χ4n) is 2.61. The lowest BCUT2D eigenvalue weighted by molar-refractivity contribution is -0.384. The van der Waals surface area contributed by atoms with Gasteiger partial charge in [-0.05, 0) is 29.3 Å². The number of ketones is 1. The van der Waals surface area contributed by atoms with Gasteiger partial charge in [0, 0.05) is 35.1 Å². The number of nitro groups is 1. The van der Waals surface area contributed by atoms with E-state index < -0.39 is 4.92 Å². The second kappa shape index (κ2) is 4.72. The summed E-state index contributed by atoms with van der Waals surface area (Å²) in [5.41, 5.74) is 2.53. The topological polar surface area (TPSA) is 60.2 Å². The molecule has 2 aromatic rings. The van der Waals surface area contributed by atoms with E-state index in [0.29, 0.717) is 17.0 Å².